The number of hydrogen-bond acceptors (Lipinski definition) is 5. The third-order valence-corrected chi connectivity index (χ3v) is 5.86. The van der Waals surface area contributed by atoms with Gasteiger partial charge >= 0.3 is 0 Å². The van der Waals surface area contributed by atoms with Gasteiger partial charge in [-0.05, 0) is 31.2 Å². The number of fused-ring (bicyclic) bond motifs is 1. The zero-order valence-corrected chi connectivity index (χ0v) is 13.0. The zero-order chi connectivity index (χ0) is 14.9. The van der Waals surface area contributed by atoms with Crippen molar-refractivity contribution < 1.29 is 13.2 Å². The predicted octanol–water partition coefficient (Wildman–Crippen LogP) is 0.499. The maximum atomic E-state index is 12.8. The van der Waals surface area contributed by atoms with Crippen LogP contribution in [0.1, 0.15) is 6.42 Å². The van der Waals surface area contributed by atoms with Crippen LogP contribution in [0.4, 0.5) is 5.69 Å². The van der Waals surface area contributed by atoms with Gasteiger partial charge in [0.1, 0.15) is 12.4 Å². The monoisotopic (exact) mass is 311 g/mol. The molecule has 0 aromatic heterocycles. The molecule has 0 unspecified atom stereocenters. The Morgan fingerprint density at radius 3 is 2.90 bits per heavy atom. The number of nitrogens with zero attached hydrogens (tertiary/aromatic N) is 2. The van der Waals surface area contributed by atoms with E-state index in [1.165, 1.54) is 0 Å². The highest BCUT2D eigenvalue weighted by Crippen LogP contribution is 2.33. The number of sulfonamides is 1. The van der Waals surface area contributed by atoms with Crippen LogP contribution in [0.5, 0.6) is 5.75 Å². The molecule has 2 aliphatic rings. The van der Waals surface area contributed by atoms with Crippen molar-refractivity contribution in [3.63, 3.8) is 0 Å². The molecule has 2 aliphatic heterocycles. The number of ether oxygens (including phenoxy) is 1. The van der Waals surface area contributed by atoms with Crippen LogP contribution in [-0.2, 0) is 10.0 Å². The molecule has 0 aliphatic carbocycles. The fraction of sp³-hybridized carbons (Fsp3) is 0.571. The topological polar surface area (TPSA) is 61.9 Å². The van der Waals surface area contributed by atoms with E-state index in [0.29, 0.717) is 31.1 Å². The van der Waals surface area contributed by atoms with Crippen molar-refractivity contribution in [2.75, 3.05) is 51.3 Å². The van der Waals surface area contributed by atoms with Crippen molar-refractivity contribution in [3.05, 3.63) is 18.2 Å². The van der Waals surface area contributed by atoms with Gasteiger partial charge in [-0.3, -0.25) is 0 Å². The Morgan fingerprint density at radius 1 is 1.19 bits per heavy atom. The Kier molecular flexibility index (Phi) is 4.05. The molecule has 1 fully saturated rings. The van der Waals surface area contributed by atoms with Gasteiger partial charge in [0, 0.05) is 26.7 Å². The van der Waals surface area contributed by atoms with E-state index in [9.17, 15) is 8.42 Å². The largest absolute Gasteiger partial charge is 0.490 e. The molecule has 0 bridgehead atoms. The summed E-state index contributed by atoms with van der Waals surface area (Å²) in [7, 11) is -1.48. The van der Waals surface area contributed by atoms with Crippen LogP contribution in [0, 0.1) is 0 Å². The fourth-order valence-corrected chi connectivity index (χ4v) is 4.20. The Hall–Kier alpha value is -1.31. The van der Waals surface area contributed by atoms with E-state index < -0.39 is 10.0 Å². The fourth-order valence-electron chi connectivity index (χ4n) is 2.70. The van der Waals surface area contributed by atoms with Gasteiger partial charge in [-0.2, -0.15) is 4.31 Å². The van der Waals surface area contributed by atoms with E-state index >= 15 is 0 Å². The van der Waals surface area contributed by atoms with E-state index in [1.54, 1.807) is 22.5 Å². The minimum Gasteiger partial charge on any atom is -0.490 e. The standard InChI is InChI=1S/C14H21N3O3S/c1-16-9-10-20-14-4-3-12(11-13(14)16)21(18,19)17-7-2-5-15-6-8-17/h3-4,11,15H,2,5-10H2,1H3. The average molecular weight is 311 g/mol. The molecule has 2 heterocycles. The molecule has 0 amide bonds. The van der Waals surface area contributed by atoms with Crippen LogP contribution < -0.4 is 15.0 Å². The predicted molar refractivity (Wildman–Crippen MR) is 81.5 cm³/mol. The third-order valence-electron chi connectivity index (χ3n) is 3.96. The second-order valence-electron chi connectivity index (χ2n) is 5.41. The molecule has 6 nitrogen and oxygen atoms in total. The molecule has 1 saturated heterocycles. The van der Waals surface area contributed by atoms with Gasteiger partial charge in [0.15, 0.2) is 0 Å². The lowest BCUT2D eigenvalue weighted by molar-refractivity contribution is 0.311. The van der Waals surface area contributed by atoms with E-state index in [0.717, 1.165) is 30.9 Å². The van der Waals surface area contributed by atoms with Gasteiger partial charge < -0.3 is 15.0 Å². The number of benzene rings is 1. The smallest absolute Gasteiger partial charge is 0.243 e. The van der Waals surface area contributed by atoms with Gasteiger partial charge in [0.2, 0.25) is 10.0 Å². The first-order chi connectivity index (χ1) is 10.1. The molecule has 0 saturated carbocycles. The van der Waals surface area contributed by atoms with Crippen molar-refractivity contribution in [2.24, 2.45) is 0 Å². The second-order valence-corrected chi connectivity index (χ2v) is 7.35. The van der Waals surface area contributed by atoms with Crippen LogP contribution >= 0.6 is 0 Å². The highest BCUT2D eigenvalue weighted by Gasteiger charge is 2.27. The molecule has 1 aromatic rings. The number of likely N-dealkylation sites (N-methyl/N-ethyl adjacent to an activating group) is 1. The van der Waals surface area contributed by atoms with E-state index in [-0.39, 0.29) is 0 Å². The zero-order valence-electron chi connectivity index (χ0n) is 12.2. The summed E-state index contributed by atoms with van der Waals surface area (Å²) in [5, 5.41) is 3.22. The summed E-state index contributed by atoms with van der Waals surface area (Å²) in [6.07, 6.45) is 0.840. The summed E-state index contributed by atoms with van der Waals surface area (Å²) < 4.78 is 32.7. The third kappa shape index (κ3) is 2.86. The first-order valence-electron chi connectivity index (χ1n) is 7.28. The average Bonchev–Trinajstić information content (AvgIpc) is 2.77. The Morgan fingerprint density at radius 2 is 2.05 bits per heavy atom. The number of anilines is 1. The summed E-state index contributed by atoms with van der Waals surface area (Å²) in [5.41, 5.74) is 0.843. The van der Waals surface area contributed by atoms with Crippen molar-refractivity contribution in [3.8, 4) is 5.75 Å². The number of nitrogens with one attached hydrogen (secondary N) is 1. The lowest BCUT2D eigenvalue weighted by Crippen LogP contribution is -2.34. The van der Waals surface area contributed by atoms with Crippen LogP contribution in [0.15, 0.2) is 23.1 Å². The van der Waals surface area contributed by atoms with Crippen LogP contribution in [-0.4, -0.2) is 59.1 Å². The lowest BCUT2D eigenvalue weighted by Gasteiger charge is -2.28. The summed E-state index contributed by atoms with van der Waals surface area (Å²) in [6.45, 7) is 4.06. The molecule has 3 rings (SSSR count). The molecular formula is C14H21N3O3S. The van der Waals surface area contributed by atoms with Crippen LogP contribution in [0.3, 0.4) is 0 Å². The SMILES string of the molecule is CN1CCOc2ccc(S(=O)(=O)N3CCCNCC3)cc21. The van der Waals surface area contributed by atoms with Crippen molar-refractivity contribution in [1.29, 1.82) is 0 Å². The summed E-state index contributed by atoms with van der Waals surface area (Å²) >= 11 is 0. The van der Waals surface area contributed by atoms with E-state index in [1.807, 2.05) is 11.9 Å². The molecule has 0 atom stereocenters. The molecule has 1 aromatic carbocycles. The molecule has 116 valence electrons. The van der Waals surface area contributed by atoms with Gasteiger partial charge in [-0.25, -0.2) is 8.42 Å². The lowest BCUT2D eigenvalue weighted by atomic mass is 10.2. The van der Waals surface area contributed by atoms with Gasteiger partial charge in [0.25, 0.3) is 0 Å². The van der Waals surface area contributed by atoms with Crippen molar-refractivity contribution in [2.45, 2.75) is 11.3 Å². The molecule has 21 heavy (non-hydrogen) atoms. The van der Waals surface area contributed by atoms with E-state index in [4.69, 9.17) is 4.74 Å². The number of hydrogen-bond donors (Lipinski definition) is 1. The highest BCUT2D eigenvalue weighted by atomic mass is 32.2. The molecule has 7 heteroatoms. The summed E-state index contributed by atoms with van der Waals surface area (Å²) in [4.78, 5) is 2.38. The molecular weight excluding hydrogens is 290 g/mol. The minimum absolute atomic E-state index is 0.348. The van der Waals surface area contributed by atoms with Gasteiger partial charge in [-0.15, -0.1) is 0 Å². The number of rotatable bonds is 2. The van der Waals surface area contributed by atoms with Crippen LogP contribution in [0.25, 0.3) is 0 Å². The maximum Gasteiger partial charge on any atom is 0.243 e. The van der Waals surface area contributed by atoms with E-state index in [2.05, 4.69) is 5.32 Å². The maximum absolute atomic E-state index is 12.8. The normalized spacial score (nSPS) is 20.5. The van der Waals surface area contributed by atoms with Gasteiger partial charge in [-0.1, -0.05) is 0 Å². The van der Waals surface area contributed by atoms with Crippen molar-refractivity contribution in [1.82, 2.24) is 9.62 Å². The Labute approximate surface area is 125 Å². The quantitative estimate of drug-likeness (QED) is 0.862. The van der Waals surface area contributed by atoms with Crippen LogP contribution in [0.2, 0.25) is 0 Å². The Bertz CT molecular complexity index is 610. The first-order valence-corrected chi connectivity index (χ1v) is 8.72. The Balaban J connectivity index is 1.93. The molecule has 0 spiro atoms. The second kappa shape index (κ2) is 5.82. The minimum atomic E-state index is -3.43. The highest BCUT2D eigenvalue weighted by molar-refractivity contribution is 7.89. The summed E-state index contributed by atoms with van der Waals surface area (Å²) in [5.74, 6) is 0.750. The molecule has 0 radical (unpaired) electrons. The van der Waals surface area contributed by atoms with Gasteiger partial charge in [0.05, 0.1) is 17.1 Å². The first kappa shape index (κ1) is 14.6. The summed E-state index contributed by atoms with van der Waals surface area (Å²) in [6, 6.07) is 5.13. The van der Waals surface area contributed by atoms with Crippen molar-refractivity contribution >= 4 is 15.7 Å². The molecule has 1 N–H and O–H groups in total.